The summed E-state index contributed by atoms with van der Waals surface area (Å²) >= 11 is 0. The van der Waals surface area contributed by atoms with Crippen LogP contribution in [0.4, 0.5) is 4.79 Å². The fourth-order valence-corrected chi connectivity index (χ4v) is 2.17. The summed E-state index contributed by atoms with van der Waals surface area (Å²) in [6.45, 7) is 3.49. The van der Waals surface area contributed by atoms with Crippen LogP contribution in [0.2, 0.25) is 0 Å². The van der Waals surface area contributed by atoms with Gasteiger partial charge in [0.2, 0.25) is 5.91 Å². The first-order valence-electron chi connectivity index (χ1n) is 6.50. The van der Waals surface area contributed by atoms with Crippen LogP contribution >= 0.6 is 0 Å². The maximum atomic E-state index is 12.2. The smallest absolute Gasteiger partial charge is 0.320 e. The van der Waals surface area contributed by atoms with Crippen molar-refractivity contribution >= 4 is 17.9 Å². The first-order valence-corrected chi connectivity index (χ1v) is 6.50. The number of aliphatic carboxylic acids is 1. The summed E-state index contributed by atoms with van der Waals surface area (Å²) in [7, 11) is 0. The molecule has 7 heteroatoms. The van der Waals surface area contributed by atoms with Crippen LogP contribution in [0, 0.1) is 5.92 Å². The van der Waals surface area contributed by atoms with Crippen LogP contribution in [0.1, 0.15) is 26.2 Å². The molecule has 1 rings (SSSR count). The lowest BCUT2D eigenvalue weighted by Crippen LogP contribution is -2.48. The van der Waals surface area contributed by atoms with Crippen molar-refractivity contribution in [2.24, 2.45) is 11.7 Å². The van der Waals surface area contributed by atoms with Crippen LogP contribution in [-0.2, 0) is 9.59 Å². The highest BCUT2D eigenvalue weighted by Crippen LogP contribution is 2.17. The van der Waals surface area contributed by atoms with Gasteiger partial charge >= 0.3 is 12.0 Å². The van der Waals surface area contributed by atoms with Gasteiger partial charge < -0.3 is 20.6 Å². The average molecular weight is 271 g/mol. The van der Waals surface area contributed by atoms with Gasteiger partial charge in [-0.1, -0.05) is 0 Å². The largest absolute Gasteiger partial charge is 0.481 e. The van der Waals surface area contributed by atoms with E-state index in [2.05, 4.69) is 0 Å². The van der Waals surface area contributed by atoms with Crippen molar-refractivity contribution < 1.29 is 19.5 Å². The summed E-state index contributed by atoms with van der Waals surface area (Å²) in [5.41, 5.74) is 5.24. The molecule has 0 aromatic rings. The van der Waals surface area contributed by atoms with Crippen molar-refractivity contribution in [3.05, 3.63) is 0 Å². The van der Waals surface area contributed by atoms with Gasteiger partial charge in [-0.25, -0.2) is 4.79 Å². The Kier molecular flexibility index (Phi) is 5.59. The van der Waals surface area contributed by atoms with E-state index in [1.165, 1.54) is 4.90 Å². The molecule has 1 heterocycles. The Labute approximate surface area is 112 Å². The number of carbonyl (C=O) groups excluding carboxylic acids is 2. The van der Waals surface area contributed by atoms with E-state index in [9.17, 15) is 14.4 Å². The molecule has 108 valence electrons. The van der Waals surface area contributed by atoms with Crippen LogP contribution in [-0.4, -0.2) is 59.0 Å². The second-order valence-corrected chi connectivity index (χ2v) is 4.67. The summed E-state index contributed by atoms with van der Waals surface area (Å²) in [5.74, 6) is -1.39. The molecule has 3 N–H and O–H groups in total. The zero-order valence-corrected chi connectivity index (χ0v) is 11.2. The molecule has 0 aliphatic carbocycles. The molecule has 0 spiro atoms. The molecule has 0 saturated carbocycles. The molecule has 19 heavy (non-hydrogen) atoms. The van der Waals surface area contributed by atoms with Crippen LogP contribution in [0.15, 0.2) is 0 Å². The van der Waals surface area contributed by atoms with Crippen LogP contribution in [0.25, 0.3) is 0 Å². The van der Waals surface area contributed by atoms with Gasteiger partial charge in [0.25, 0.3) is 0 Å². The van der Waals surface area contributed by atoms with Gasteiger partial charge in [-0.2, -0.15) is 0 Å². The topological polar surface area (TPSA) is 104 Å². The van der Waals surface area contributed by atoms with Crippen molar-refractivity contribution in [3.8, 4) is 0 Å². The molecule has 0 radical (unpaired) electrons. The van der Waals surface area contributed by atoms with Gasteiger partial charge in [0, 0.05) is 32.1 Å². The molecule has 3 amide bonds. The molecule has 0 aromatic heterocycles. The molecular formula is C12H21N3O4. The number of amides is 3. The van der Waals surface area contributed by atoms with Gasteiger partial charge in [-0.05, 0) is 19.8 Å². The SMILES string of the molecule is CCN(CCC(=O)O)C(=O)N1CCC(C(N)=O)CC1. The summed E-state index contributed by atoms with van der Waals surface area (Å²) in [5, 5.41) is 8.64. The van der Waals surface area contributed by atoms with E-state index in [1.807, 2.05) is 6.92 Å². The van der Waals surface area contributed by atoms with E-state index in [-0.39, 0.29) is 30.8 Å². The number of nitrogens with zero attached hydrogens (tertiary/aromatic N) is 2. The lowest BCUT2D eigenvalue weighted by Gasteiger charge is -2.34. The van der Waals surface area contributed by atoms with Gasteiger partial charge in [-0.15, -0.1) is 0 Å². The first-order chi connectivity index (χ1) is 8.95. The van der Waals surface area contributed by atoms with Crippen molar-refractivity contribution in [3.63, 3.8) is 0 Å². The number of nitrogens with two attached hydrogens (primary N) is 1. The Morgan fingerprint density at radius 1 is 1.32 bits per heavy atom. The molecule has 0 unspecified atom stereocenters. The van der Waals surface area contributed by atoms with E-state index in [4.69, 9.17) is 10.8 Å². The lowest BCUT2D eigenvalue weighted by atomic mass is 9.96. The van der Waals surface area contributed by atoms with Crippen LogP contribution in [0.3, 0.4) is 0 Å². The molecule has 1 fully saturated rings. The monoisotopic (exact) mass is 271 g/mol. The van der Waals surface area contributed by atoms with Gasteiger partial charge in [-0.3, -0.25) is 9.59 Å². The maximum Gasteiger partial charge on any atom is 0.320 e. The molecule has 0 bridgehead atoms. The Balaban J connectivity index is 2.48. The molecule has 1 saturated heterocycles. The minimum Gasteiger partial charge on any atom is -0.481 e. The number of rotatable bonds is 5. The Morgan fingerprint density at radius 3 is 2.32 bits per heavy atom. The van der Waals surface area contributed by atoms with E-state index < -0.39 is 5.97 Å². The molecule has 1 aliphatic rings. The van der Waals surface area contributed by atoms with Gasteiger partial charge in [0.15, 0.2) is 0 Å². The predicted molar refractivity (Wildman–Crippen MR) is 68.4 cm³/mol. The average Bonchev–Trinajstić information content (AvgIpc) is 2.39. The molecular weight excluding hydrogens is 250 g/mol. The van der Waals surface area contributed by atoms with Crippen molar-refractivity contribution in [1.82, 2.24) is 9.80 Å². The number of carboxylic acids is 1. The fourth-order valence-electron chi connectivity index (χ4n) is 2.17. The maximum absolute atomic E-state index is 12.2. The number of piperidine rings is 1. The Hall–Kier alpha value is -1.79. The van der Waals surface area contributed by atoms with E-state index in [1.54, 1.807) is 4.90 Å². The predicted octanol–water partition coefficient (Wildman–Crippen LogP) is 0.100. The molecule has 0 atom stereocenters. The van der Waals surface area contributed by atoms with E-state index >= 15 is 0 Å². The van der Waals surface area contributed by atoms with Crippen molar-refractivity contribution in [2.45, 2.75) is 26.2 Å². The fraction of sp³-hybridized carbons (Fsp3) is 0.750. The molecule has 0 aromatic carbocycles. The minimum atomic E-state index is -0.918. The Morgan fingerprint density at radius 2 is 1.89 bits per heavy atom. The third-order valence-corrected chi connectivity index (χ3v) is 3.42. The highest BCUT2D eigenvalue weighted by atomic mass is 16.4. The van der Waals surface area contributed by atoms with Crippen molar-refractivity contribution in [2.75, 3.05) is 26.2 Å². The zero-order chi connectivity index (χ0) is 14.4. The number of hydrogen-bond acceptors (Lipinski definition) is 3. The second-order valence-electron chi connectivity index (χ2n) is 4.67. The normalized spacial score (nSPS) is 16.2. The number of likely N-dealkylation sites (tertiary alicyclic amines) is 1. The third-order valence-electron chi connectivity index (χ3n) is 3.42. The first kappa shape index (κ1) is 15.3. The van der Waals surface area contributed by atoms with Crippen LogP contribution < -0.4 is 5.73 Å². The van der Waals surface area contributed by atoms with Gasteiger partial charge in [0.05, 0.1) is 6.42 Å². The Bertz CT molecular complexity index is 351. The molecule has 7 nitrogen and oxygen atoms in total. The highest BCUT2D eigenvalue weighted by molar-refractivity contribution is 5.78. The minimum absolute atomic E-state index is 0.0582. The number of primary amides is 1. The summed E-state index contributed by atoms with van der Waals surface area (Å²) in [6, 6.07) is -0.160. The van der Waals surface area contributed by atoms with Crippen LogP contribution in [0.5, 0.6) is 0 Å². The summed E-state index contributed by atoms with van der Waals surface area (Å²) < 4.78 is 0. The number of urea groups is 1. The van der Waals surface area contributed by atoms with E-state index in [0.717, 1.165) is 0 Å². The third kappa shape index (κ3) is 4.42. The number of carboxylic acid groups (broad SMARTS) is 1. The lowest BCUT2D eigenvalue weighted by molar-refractivity contribution is -0.137. The second kappa shape index (κ2) is 6.96. The number of hydrogen-bond donors (Lipinski definition) is 2. The van der Waals surface area contributed by atoms with Gasteiger partial charge in [0.1, 0.15) is 0 Å². The standard InChI is InChI=1S/C12H21N3O4/c1-2-14(8-5-10(16)17)12(19)15-6-3-9(4-7-15)11(13)18/h9H,2-8H2,1H3,(H2,13,18)(H,16,17). The van der Waals surface area contributed by atoms with E-state index in [0.29, 0.717) is 32.5 Å². The summed E-state index contributed by atoms with van der Waals surface area (Å²) in [6.07, 6.45) is 1.10. The number of carbonyl (C=O) groups is 3. The quantitative estimate of drug-likeness (QED) is 0.740. The highest BCUT2D eigenvalue weighted by Gasteiger charge is 2.28. The van der Waals surface area contributed by atoms with Crippen molar-refractivity contribution in [1.29, 1.82) is 0 Å². The zero-order valence-electron chi connectivity index (χ0n) is 11.2. The summed E-state index contributed by atoms with van der Waals surface area (Å²) in [4.78, 5) is 36.9. The molecule has 1 aliphatic heterocycles.